The number of ether oxygens (including phenoxy) is 2. The van der Waals surface area contributed by atoms with Gasteiger partial charge in [0.05, 0.1) is 6.61 Å². The van der Waals surface area contributed by atoms with Crippen molar-refractivity contribution in [2.75, 3.05) is 13.1 Å². The highest BCUT2D eigenvalue weighted by Gasteiger charge is 2.32. The molecule has 1 amide bonds. The van der Waals surface area contributed by atoms with Gasteiger partial charge in [-0.25, -0.2) is 9.97 Å². The second-order valence-corrected chi connectivity index (χ2v) is 6.46. The van der Waals surface area contributed by atoms with E-state index in [0.29, 0.717) is 32.0 Å². The highest BCUT2D eigenvalue weighted by molar-refractivity contribution is 5.81. The Morgan fingerprint density at radius 1 is 1.16 bits per heavy atom. The van der Waals surface area contributed by atoms with Crippen LogP contribution in [0.2, 0.25) is 0 Å². The van der Waals surface area contributed by atoms with Gasteiger partial charge in [0.1, 0.15) is 18.5 Å². The third-order valence-electron chi connectivity index (χ3n) is 4.84. The molecule has 0 bridgehead atoms. The van der Waals surface area contributed by atoms with Crippen LogP contribution in [0.1, 0.15) is 24.0 Å². The maximum absolute atomic E-state index is 12.8. The summed E-state index contributed by atoms with van der Waals surface area (Å²) >= 11 is 0. The van der Waals surface area contributed by atoms with Gasteiger partial charge in [-0.1, -0.05) is 24.3 Å². The highest BCUT2D eigenvalue weighted by Crippen LogP contribution is 2.23. The van der Waals surface area contributed by atoms with Crippen LogP contribution in [0.4, 0.5) is 0 Å². The lowest BCUT2D eigenvalue weighted by Gasteiger charge is -2.35. The Balaban J connectivity index is 1.31. The molecule has 0 N–H and O–H groups in total. The summed E-state index contributed by atoms with van der Waals surface area (Å²) in [6.45, 7) is 1.89. The van der Waals surface area contributed by atoms with Gasteiger partial charge in [0, 0.05) is 44.6 Å². The molecule has 6 heteroatoms. The molecule has 0 saturated carbocycles. The number of nitrogens with zero attached hydrogens (tertiary/aromatic N) is 3. The van der Waals surface area contributed by atoms with Crippen LogP contribution in [0.15, 0.2) is 42.9 Å². The predicted octanol–water partition coefficient (Wildman–Crippen LogP) is 1.99. The van der Waals surface area contributed by atoms with Gasteiger partial charge in [-0.15, -0.1) is 0 Å². The quantitative estimate of drug-likeness (QED) is 0.856. The smallest absolute Gasteiger partial charge is 0.252 e. The van der Waals surface area contributed by atoms with Crippen LogP contribution >= 0.6 is 0 Å². The van der Waals surface area contributed by atoms with Crippen molar-refractivity contribution in [2.45, 2.75) is 38.1 Å². The van der Waals surface area contributed by atoms with Crippen molar-refractivity contribution in [1.82, 2.24) is 14.9 Å². The number of piperidine rings is 1. The fourth-order valence-electron chi connectivity index (χ4n) is 3.42. The molecular weight excluding hydrogens is 318 g/mol. The maximum Gasteiger partial charge on any atom is 0.252 e. The van der Waals surface area contributed by atoms with Gasteiger partial charge in [-0.05, 0) is 11.1 Å². The Kier molecular flexibility index (Phi) is 4.61. The number of amides is 1. The van der Waals surface area contributed by atoms with Crippen LogP contribution in [0.25, 0.3) is 0 Å². The summed E-state index contributed by atoms with van der Waals surface area (Å²) in [6, 6.07) is 9.92. The summed E-state index contributed by atoms with van der Waals surface area (Å²) in [5, 5.41) is 0. The van der Waals surface area contributed by atoms with E-state index in [4.69, 9.17) is 9.47 Å². The Hall–Kier alpha value is -2.47. The zero-order valence-electron chi connectivity index (χ0n) is 14.0. The molecule has 25 heavy (non-hydrogen) atoms. The lowest BCUT2D eigenvalue weighted by Crippen LogP contribution is -2.48. The first kappa shape index (κ1) is 16.0. The molecule has 6 nitrogen and oxygen atoms in total. The van der Waals surface area contributed by atoms with Crippen molar-refractivity contribution in [2.24, 2.45) is 0 Å². The minimum absolute atomic E-state index is 0.0898. The number of aromatic nitrogens is 2. The standard InChI is InChI=1S/C19H21N3O3/c23-19(17-11-14-3-1-2-4-15(14)12-24-17)22-9-6-16(7-10-22)25-18-5-8-20-13-21-18/h1-5,8,13,16-17H,6-7,9-12H2. The molecule has 0 spiro atoms. The van der Waals surface area contributed by atoms with E-state index in [-0.39, 0.29) is 18.1 Å². The molecule has 1 atom stereocenters. The van der Waals surface area contributed by atoms with E-state index >= 15 is 0 Å². The molecule has 4 rings (SSSR count). The van der Waals surface area contributed by atoms with Crippen LogP contribution < -0.4 is 4.74 Å². The monoisotopic (exact) mass is 339 g/mol. The Morgan fingerprint density at radius 2 is 1.96 bits per heavy atom. The number of fused-ring (bicyclic) bond motifs is 1. The number of likely N-dealkylation sites (tertiary alicyclic amines) is 1. The largest absolute Gasteiger partial charge is 0.474 e. The average molecular weight is 339 g/mol. The van der Waals surface area contributed by atoms with Crippen LogP contribution in [0.5, 0.6) is 5.88 Å². The molecule has 1 aromatic carbocycles. The summed E-state index contributed by atoms with van der Waals surface area (Å²) in [4.78, 5) is 22.6. The summed E-state index contributed by atoms with van der Waals surface area (Å²) in [6.07, 6.45) is 5.14. The average Bonchev–Trinajstić information content (AvgIpc) is 2.68. The maximum atomic E-state index is 12.8. The highest BCUT2D eigenvalue weighted by atomic mass is 16.5. The molecular formula is C19H21N3O3. The number of carbonyl (C=O) groups is 1. The molecule has 1 fully saturated rings. The third kappa shape index (κ3) is 3.64. The fourth-order valence-corrected chi connectivity index (χ4v) is 3.42. The van der Waals surface area contributed by atoms with E-state index in [0.717, 1.165) is 12.8 Å². The van der Waals surface area contributed by atoms with E-state index in [9.17, 15) is 4.79 Å². The summed E-state index contributed by atoms with van der Waals surface area (Å²) in [5.41, 5.74) is 2.40. The van der Waals surface area contributed by atoms with Crippen molar-refractivity contribution in [3.63, 3.8) is 0 Å². The lowest BCUT2D eigenvalue weighted by molar-refractivity contribution is -0.147. The number of benzene rings is 1. The van der Waals surface area contributed by atoms with Crippen LogP contribution in [-0.2, 0) is 22.6 Å². The number of rotatable bonds is 3. The molecule has 0 aliphatic carbocycles. The van der Waals surface area contributed by atoms with E-state index in [1.54, 1.807) is 12.3 Å². The van der Waals surface area contributed by atoms with E-state index in [1.807, 2.05) is 17.0 Å². The molecule has 2 aromatic rings. The van der Waals surface area contributed by atoms with Gasteiger partial charge in [0.2, 0.25) is 5.88 Å². The van der Waals surface area contributed by atoms with Gasteiger partial charge in [0.15, 0.2) is 0 Å². The molecule has 1 unspecified atom stereocenters. The first-order valence-corrected chi connectivity index (χ1v) is 8.69. The van der Waals surface area contributed by atoms with Crippen molar-refractivity contribution < 1.29 is 14.3 Å². The first-order valence-electron chi connectivity index (χ1n) is 8.69. The van der Waals surface area contributed by atoms with Gasteiger partial charge in [0.25, 0.3) is 5.91 Å². The van der Waals surface area contributed by atoms with Crippen molar-refractivity contribution in [1.29, 1.82) is 0 Å². The Bertz CT molecular complexity index is 730. The molecule has 3 heterocycles. The molecule has 2 aliphatic rings. The van der Waals surface area contributed by atoms with Crippen LogP contribution in [0.3, 0.4) is 0 Å². The molecule has 130 valence electrons. The minimum atomic E-state index is -0.366. The summed E-state index contributed by atoms with van der Waals surface area (Å²) < 4.78 is 11.7. The predicted molar refractivity (Wildman–Crippen MR) is 91.0 cm³/mol. The second kappa shape index (κ2) is 7.19. The summed E-state index contributed by atoms with van der Waals surface area (Å²) in [7, 11) is 0. The van der Waals surface area contributed by atoms with Crippen molar-refractivity contribution in [3.8, 4) is 5.88 Å². The summed E-state index contributed by atoms with van der Waals surface area (Å²) in [5.74, 6) is 0.682. The van der Waals surface area contributed by atoms with Gasteiger partial charge >= 0.3 is 0 Å². The molecule has 1 aromatic heterocycles. The zero-order valence-corrected chi connectivity index (χ0v) is 14.0. The van der Waals surface area contributed by atoms with E-state index < -0.39 is 0 Å². The van der Waals surface area contributed by atoms with E-state index in [2.05, 4.69) is 22.1 Å². The zero-order chi connectivity index (χ0) is 17.1. The molecule has 0 radical (unpaired) electrons. The van der Waals surface area contributed by atoms with Gasteiger partial charge < -0.3 is 14.4 Å². The fraction of sp³-hybridized carbons (Fsp3) is 0.421. The minimum Gasteiger partial charge on any atom is -0.474 e. The number of carbonyl (C=O) groups excluding carboxylic acids is 1. The second-order valence-electron chi connectivity index (χ2n) is 6.46. The number of hydrogen-bond acceptors (Lipinski definition) is 5. The third-order valence-corrected chi connectivity index (χ3v) is 4.84. The van der Waals surface area contributed by atoms with Gasteiger partial charge in [-0.2, -0.15) is 0 Å². The Labute approximate surface area is 146 Å². The molecule has 1 saturated heterocycles. The van der Waals surface area contributed by atoms with E-state index in [1.165, 1.54) is 17.5 Å². The molecule has 2 aliphatic heterocycles. The lowest BCUT2D eigenvalue weighted by atomic mass is 9.98. The normalized spacial score (nSPS) is 20.8. The van der Waals surface area contributed by atoms with Crippen LogP contribution in [0, 0.1) is 0 Å². The topological polar surface area (TPSA) is 64.5 Å². The first-order chi connectivity index (χ1) is 12.3. The van der Waals surface area contributed by atoms with Crippen molar-refractivity contribution in [3.05, 3.63) is 54.0 Å². The van der Waals surface area contributed by atoms with Crippen molar-refractivity contribution >= 4 is 5.91 Å². The van der Waals surface area contributed by atoms with Gasteiger partial charge in [-0.3, -0.25) is 4.79 Å². The SMILES string of the molecule is O=C(C1Cc2ccccc2CO1)N1CCC(Oc2ccncn2)CC1. The van der Waals surface area contributed by atoms with Crippen LogP contribution in [-0.4, -0.2) is 46.1 Å². The Morgan fingerprint density at radius 3 is 2.72 bits per heavy atom. The number of hydrogen-bond donors (Lipinski definition) is 0.